The number of nitrogens with one attached hydrogen (secondary N) is 1. The van der Waals surface area contributed by atoms with E-state index in [0.717, 1.165) is 38.3 Å². The van der Waals surface area contributed by atoms with Crippen molar-refractivity contribution in [1.29, 1.82) is 0 Å². The molecule has 13 nitrogen and oxygen atoms in total. The van der Waals surface area contributed by atoms with Gasteiger partial charge in [0, 0.05) is 38.4 Å². The van der Waals surface area contributed by atoms with Crippen molar-refractivity contribution >= 4 is 23.1 Å². The second-order valence-electron chi connectivity index (χ2n) is 7.74. The molecule has 5 N–H and O–H groups in total. The van der Waals surface area contributed by atoms with E-state index in [-0.39, 0.29) is 17.3 Å². The third-order valence-corrected chi connectivity index (χ3v) is 5.61. The fraction of sp³-hybridized carbons (Fsp3) is 0.400. The van der Waals surface area contributed by atoms with E-state index in [0.29, 0.717) is 23.6 Å². The van der Waals surface area contributed by atoms with Gasteiger partial charge in [-0.1, -0.05) is 24.3 Å². The van der Waals surface area contributed by atoms with Crippen LogP contribution < -0.4 is 16.9 Å². The first-order chi connectivity index (χ1) is 16.0. The predicted molar refractivity (Wildman–Crippen MR) is 122 cm³/mol. The fourth-order valence-electron chi connectivity index (χ4n) is 3.58. The molecule has 3 heterocycles. The molecule has 0 bridgehead atoms. The van der Waals surface area contributed by atoms with Gasteiger partial charge in [-0.2, -0.15) is 9.78 Å². The molecule has 0 atom stereocenters. The zero-order valence-corrected chi connectivity index (χ0v) is 18.6. The SMILES string of the molecule is CCN1CCN(Cc2c(C(=O)N/N=C(/C)c3ccc(N)cc3)nnn2-c2nonc2N)CC1. The van der Waals surface area contributed by atoms with Gasteiger partial charge in [0.1, 0.15) is 0 Å². The lowest BCUT2D eigenvalue weighted by atomic mass is 10.1. The third kappa shape index (κ3) is 4.99. The Morgan fingerprint density at radius 3 is 2.45 bits per heavy atom. The highest BCUT2D eigenvalue weighted by molar-refractivity contribution is 6.00. The standard InChI is InChI=1S/C20H27N11O2/c1-3-29-8-10-30(11-9-29)12-16-17(24-28-31(16)19-18(22)26-33-27-19)20(32)25-23-13(2)14-4-6-15(21)7-5-14/h4-7H,3,8-12,21H2,1-2H3,(H2,22,26)(H,25,32)/b23-13-. The highest BCUT2D eigenvalue weighted by Gasteiger charge is 2.27. The normalized spacial score (nSPS) is 15.6. The Morgan fingerprint density at radius 2 is 1.82 bits per heavy atom. The Hall–Kier alpha value is -3.84. The average molecular weight is 454 g/mol. The van der Waals surface area contributed by atoms with Crippen LogP contribution in [0.15, 0.2) is 34.0 Å². The zero-order valence-electron chi connectivity index (χ0n) is 18.6. The van der Waals surface area contributed by atoms with Gasteiger partial charge in [-0.25, -0.2) is 10.1 Å². The summed E-state index contributed by atoms with van der Waals surface area (Å²) in [5.74, 6) is -0.250. The first-order valence-electron chi connectivity index (χ1n) is 10.6. The number of nitrogens with zero attached hydrogens (tertiary/aromatic N) is 8. The Balaban J connectivity index is 1.57. The minimum Gasteiger partial charge on any atom is -0.399 e. The van der Waals surface area contributed by atoms with Crippen LogP contribution in [-0.4, -0.2) is 79.4 Å². The molecule has 1 saturated heterocycles. The molecule has 0 radical (unpaired) electrons. The quantitative estimate of drug-likeness (QED) is 0.253. The molecule has 33 heavy (non-hydrogen) atoms. The summed E-state index contributed by atoms with van der Waals surface area (Å²) in [6, 6.07) is 7.21. The van der Waals surface area contributed by atoms with Crippen LogP contribution in [0.2, 0.25) is 0 Å². The van der Waals surface area contributed by atoms with E-state index in [1.165, 1.54) is 4.68 Å². The molecule has 1 aromatic carbocycles. The first kappa shape index (κ1) is 22.4. The molecule has 0 unspecified atom stereocenters. The Morgan fingerprint density at radius 1 is 1.12 bits per heavy atom. The van der Waals surface area contributed by atoms with E-state index >= 15 is 0 Å². The largest absolute Gasteiger partial charge is 0.399 e. The van der Waals surface area contributed by atoms with Gasteiger partial charge in [0.15, 0.2) is 5.69 Å². The van der Waals surface area contributed by atoms with Crippen LogP contribution in [-0.2, 0) is 6.54 Å². The second-order valence-corrected chi connectivity index (χ2v) is 7.74. The molecule has 1 amide bonds. The number of aromatic nitrogens is 5. The van der Waals surface area contributed by atoms with Crippen molar-refractivity contribution in [3.63, 3.8) is 0 Å². The van der Waals surface area contributed by atoms with E-state index in [9.17, 15) is 4.79 Å². The molecule has 0 saturated carbocycles. The maximum Gasteiger partial charge on any atom is 0.293 e. The minimum absolute atomic E-state index is 0.0566. The number of carbonyl (C=O) groups is 1. The summed E-state index contributed by atoms with van der Waals surface area (Å²) >= 11 is 0. The highest BCUT2D eigenvalue weighted by atomic mass is 16.6. The first-order valence-corrected chi connectivity index (χ1v) is 10.6. The maximum atomic E-state index is 13.0. The smallest absolute Gasteiger partial charge is 0.293 e. The van der Waals surface area contributed by atoms with Gasteiger partial charge in [-0.3, -0.25) is 9.69 Å². The van der Waals surface area contributed by atoms with E-state index < -0.39 is 5.91 Å². The van der Waals surface area contributed by atoms with Crippen molar-refractivity contribution in [2.45, 2.75) is 20.4 Å². The van der Waals surface area contributed by atoms with Gasteiger partial charge in [-0.05, 0) is 41.5 Å². The summed E-state index contributed by atoms with van der Waals surface area (Å²) in [6.45, 7) is 8.95. The Kier molecular flexibility index (Phi) is 6.60. The zero-order chi connectivity index (χ0) is 23.4. The number of amides is 1. The van der Waals surface area contributed by atoms with Crippen LogP contribution in [0.3, 0.4) is 0 Å². The van der Waals surface area contributed by atoms with Crippen molar-refractivity contribution < 1.29 is 9.42 Å². The van der Waals surface area contributed by atoms with Crippen molar-refractivity contribution in [1.82, 2.24) is 40.5 Å². The van der Waals surface area contributed by atoms with Crippen molar-refractivity contribution in [2.75, 3.05) is 44.2 Å². The molecule has 1 aliphatic heterocycles. The van der Waals surface area contributed by atoms with Crippen LogP contribution in [0.25, 0.3) is 5.82 Å². The van der Waals surface area contributed by atoms with Crippen molar-refractivity contribution in [2.24, 2.45) is 5.10 Å². The molecule has 3 aromatic rings. The molecule has 2 aromatic heterocycles. The topological polar surface area (TPSA) is 170 Å². The molecule has 0 spiro atoms. The lowest BCUT2D eigenvalue weighted by molar-refractivity contribution is 0.0944. The van der Waals surface area contributed by atoms with E-state index in [2.05, 4.69) is 47.9 Å². The molecular formula is C20H27N11O2. The van der Waals surface area contributed by atoms with Crippen LogP contribution in [0.1, 0.15) is 35.6 Å². The predicted octanol–water partition coefficient (Wildman–Crippen LogP) is 0.106. The number of hydrazone groups is 1. The van der Waals surface area contributed by atoms with Crippen LogP contribution in [0, 0.1) is 0 Å². The van der Waals surface area contributed by atoms with Crippen molar-refractivity contribution in [3.8, 4) is 5.82 Å². The summed E-state index contributed by atoms with van der Waals surface area (Å²) < 4.78 is 6.11. The number of anilines is 2. The second kappa shape index (κ2) is 9.75. The third-order valence-electron chi connectivity index (χ3n) is 5.61. The Labute approximate surface area is 190 Å². The summed E-state index contributed by atoms with van der Waals surface area (Å²) in [7, 11) is 0. The van der Waals surface area contributed by atoms with Gasteiger partial charge in [0.2, 0.25) is 11.6 Å². The molecule has 13 heteroatoms. The van der Waals surface area contributed by atoms with E-state index in [4.69, 9.17) is 16.1 Å². The number of rotatable bonds is 7. The number of likely N-dealkylation sites (N-methyl/N-ethyl adjacent to an activating group) is 1. The lowest BCUT2D eigenvalue weighted by Crippen LogP contribution is -2.46. The fourth-order valence-corrected chi connectivity index (χ4v) is 3.58. The molecule has 0 aliphatic carbocycles. The number of hydrogen-bond acceptors (Lipinski definition) is 11. The Bertz CT molecular complexity index is 1130. The summed E-state index contributed by atoms with van der Waals surface area (Å²) in [5, 5.41) is 19.8. The number of benzene rings is 1. The lowest BCUT2D eigenvalue weighted by Gasteiger charge is -2.33. The summed E-state index contributed by atoms with van der Waals surface area (Å²) in [5.41, 5.74) is 16.9. The summed E-state index contributed by atoms with van der Waals surface area (Å²) in [6.07, 6.45) is 0. The average Bonchev–Trinajstić information content (AvgIpc) is 3.43. The van der Waals surface area contributed by atoms with Crippen molar-refractivity contribution in [3.05, 3.63) is 41.2 Å². The van der Waals surface area contributed by atoms with Crippen LogP contribution in [0.5, 0.6) is 0 Å². The molecule has 1 fully saturated rings. The molecule has 4 rings (SSSR count). The van der Waals surface area contributed by atoms with E-state index in [1.807, 2.05) is 12.1 Å². The number of carbonyl (C=O) groups excluding carboxylic acids is 1. The van der Waals surface area contributed by atoms with Gasteiger partial charge in [-0.15, -0.1) is 5.10 Å². The number of nitrogens with two attached hydrogens (primary N) is 2. The number of piperazine rings is 1. The molecule has 1 aliphatic rings. The van der Waals surface area contributed by atoms with Gasteiger partial charge >= 0.3 is 0 Å². The van der Waals surface area contributed by atoms with Gasteiger partial charge < -0.3 is 16.4 Å². The molecular weight excluding hydrogens is 426 g/mol. The highest BCUT2D eigenvalue weighted by Crippen LogP contribution is 2.18. The monoisotopic (exact) mass is 453 g/mol. The number of nitrogen functional groups attached to an aromatic ring is 2. The van der Waals surface area contributed by atoms with Gasteiger partial charge in [0.05, 0.1) is 11.4 Å². The van der Waals surface area contributed by atoms with Crippen LogP contribution in [0.4, 0.5) is 11.5 Å². The van der Waals surface area contributed by atoms with Gasteiger partial charge in [0.25, 0.3) is 5.91 Å². The van der Waals surface area contributed by atoms with E-state index in [1.54, 1.807) is 19.1 Å². The minimum atomic E-state index is -0.492. The number of hydrogen-bond donors (Lipinski definition) is 3. The summed E-state index contributed by atoms with van der Waals surface area (Å²) in [4.78, 5) is 17.6. The van der Waals surface area contributed by atoms with Crippen LogP contribution >= 0.6 is 0 Å². The molecule has 174 valence electrons. The maximum absolute atomic E-state index is 13.0.